The van der Waals surface area contributed by atoms with Crippen molar-refractivity contribution in [3.05, 3.63) is 29.3 Å². The molecule has 1 atom stereocenters. The maximum absolute atomic E-state index is 4.44. The molecule has 0 bridgehead atoms. The lowest BCUT2D eigenvalue weighted by atomic mass is 10.1. The number of nitrogens with zero attached hydrogens (tertiary/aromatic N) is 4. The molecule has 0 aliphatic heterocycles. The first kappa shape index (κ1) is 11.8. The summed E-state index contributed by atoms with van der Waals surface area (Å²) in [5.74, 6) is 0. The van der Waals surface area contributed by atoms with E-state index in [1.807, 2.05) is 18.7 Å². The second-order valence-electron chi connectivity index (χ2n) is 4.03. The topological polar surface area (TPSA) is 71.4 Å². The highest BCUT2D eigenvalue weighted by Crippen LogP contribution is 2.16. The van der Waals surface area contributed by atoms with Gasteiger partial charge in [0.1, 0.15) is 0 Å². The molecule has 0 aliphatic carbocycles. The fraction of sp³-hybridized carbons (Fsp3) is 0.545. The molecular weight excluding hydrogens is 216 g/mol. The molecule has 0 aliphatic rings. The highest BCUT2D eigenvalue weighted by molar-refractivity contribution is 5.13. The SMILES string of the molecule is CCn1nc(C)cc1CC(NC)c1cn[nH]n1. The van der Waals surface area contributed by atoms with Crippen LogP contribution in [0.25, 0.3) is 0 Å². The summed E-state index contributed by atoms with van der Waals surface area (Å²) in [6.07, 6.45) is 2.61. The van der Waals surface area contributed by atoms with E-state index in [4.69, 9.17) is 0 Å². The van der Waals surface area contributed by atoms with Crippen LogP contribution in [0.4, 0.5) is 0 Å². The Bertz CT molecular complexity index is 458. The number of aromatic nitrogens is 5. The Kier molecular flexibility index (Phi) is 3.53. The summed E-state index contributed by atoms with van der Waals surface area (Å²) >= 11 is 0. The lowest BCUT2D eigenvalue weighted by molar-refractivity contribution is 0.531. The predicted molar refractivity (Wildman–Crippen MR) is 64.5 cm³/mol. The third kappa shape index (κ3) is 2.52. The van der Waals surface area contributed by atoms with Gasteiger partial charge < -0.3 is 5.32 Å². The molecule has 2 aromatic heterocycles. The number of aromatic amines is 1. The Morgan fingerprint density at radius 2 is 2.35 bits per heavy atom. The van der Waals surface area contributed by atoms with E-state index in [0.29, 0.717) is 0 Å². The first-order valence-electron chi connectivity index (χ1n) is 5.80. The smallest absolute Gasteiger partial charge is 0.0997 e. The van der Waals surface area contributed by atoms with E-state index in [1.165, 1.54) is 5.69 Å². The van der Waals surface area contributed by atoms with E-state index in [2.05, 4.69) is 38.8 Å². The van der Waals surface area contributed by atoms with E-state index in [0.717, 1.165) is 24.4 Å². The minimum Gasteiger partial charge on any atom is -0.311 e. The third-order valence-electron chi connectivity index (χ3n) is 2.84. The molecule has 2 heterocycles. The van der Waals surface area contributed by atoms with Gasteiger partial charge in [-0.05, 0) is 27.0 Å². The zero-order valence-electron chi connectivity index (χ0n) is 10.4. The summed E-state index contributed by atoms with van der Waals surface area (Å²) in [5, 5.41) is 18.3. The number of H-pyrrole nitrogens is 1. The van der Waals surface area contributed by atoms with Crippen molar-refractivity contribution in [3.63, 3.8) is 0 Å². The van der Waals surface area contributed by atoms with Crippen LogP contribution in [0.1, 0.15) is 30.0 Å². The average molecular weight is 234 g/mol. The standard InChI is InChI=1S/C11H18N6/c1-4-17-9(5-8(2)15-17)6-10(12-3)11-7-13-16-14-11/h5,7,10,12H,4,6H2,1-3H3,(H,13,14,16). The van der Waals surface area contributed by atoms with Crippen LogP contribution in [0.3, 0.4) is 0 Å². The van der Waals surface area contributed by atoms with Gasteiger partial charge in [0.2, 0.25) is 0 Å². The quantitative estimate of drug-likeness (QED) is 0.804. The Morgan fingerprint density at radius 1 is 1.53 bits per heavy atom. The molecule has 1 unspecified atom stereocenters. The van der Waals surface area contributed by atoms with Crippen LogP contribution in [0, 0.1) is 6.92 Å². The van der Waals surface area contributed by atoms with Crippen LogP contribution in [-0.2, 0) is 13.0 Å². The normalized spacial score (nSPS) is 12.9. The van der Waals surface area contributed by atoms with Crippen molar-refractivity contribution in [1.82, 2.24) is 30.5 Å². The van der Waals surface area contributed by atoms with E-state index < -0.39 is 0 Å². The lowest BCUT2D eigenvalue weighted by Crippen LogP contribution is -2.21. The fourth-order valence-electron chi connectivity index (χ4n) is 1.98. The zero-order valence-corrected chi connectivity index (χ0v) is 10.4. The van der Waals surface area contributed by atoms with Gasteiger partial charge in [-0.15, -0.1) is 0 Å². The number of likely N-dealkylation sites (N-methyl/N-ethyl adjacent to an activating group) is 1. The highest BCUT2D eigenvalue weighted by atomic mass is 15.3. The molecule has 0 saturated heterocycles. The van der Waals surface area contributed by atoms with E-state index in [-0.39, 0.29) is 6.04 Å². The van der Waals surface area contributed by atoms with E-state index >= 15 is 0 Å². The molecule has 2 aromatic rings. The Morgan fingerprint density at radius 3 is 2.94 bits per heavy atom. The molecule has 17 heavy (non-hydrogen) atoms. The summed E-state index contributed by atoms with van der Waals surface area (Å²) in [6, 6.07) is 2.28. The minimum absolute atomic E-state index is 0.162. The largest absolute Gasteiger partial charge is 0.311 e. The fourth-order valence-corrected chi connectivity index (χ4v) is 1.98. The van der Waals surface area contributed by atoms with Gasteiger partial charge >= 0.3 is 0 Å². The molecular formula is C11H18N6. The van der Waals surface area contributed by atoms with Gasteiger partial charge in [0.05, 0.1) is 23.6 Å². The highest BCUT2D eigenvalue weighted by Gasteiger charge is 2.15. The Hall–Kier alpha value is -1.69. The average Bonchev–Trinajstić information content (AvgIpc) is 2.94. The second kappa shape index (κ2) is 5.09. The van der Waals surface area contributed by atoms with Gasteiger partial charge in [0, 0.05) is 18.7 Å². The third-order valence-corrected chi connectivity index (χ3v) is 2.84. The maximum Gasteiger partial charge on any atom is 0.0997 e. The molecule has 0 amide bonds. The molecule has 6 nitrogen and oxygen atoms in total. The van der Waals surface area contributed by atoms with Gasteiger partial charge in [-0.3, -0.25) is 4.68 Å². The molecule has 0 fully saturated rings. The number of rotatable bonds is 5. The van der Waals surface area contributed by atoms with Crippen molar-refractivity contribution in [2.24, 2.45) is 0 Å². The van der Waals surface area contributed by atoms with Crippen LogP contribution < -0.4 is 5.32 Å². The summed E-state index contributed by atoms with van der Waals surface area (Å²) < 4.78 is 2.03. The summed E-state index contributed by atoms with van der Waals surface area (Å²) in [5.41, 5.74) is 3.19. The molecule has 6 heteroatoms. The number of hydrogen-bond donors (Lipinski definition) is 2. The molecule has 2 rings (SSSR count). The van der Waals surface area contributed by atoms with Gasteiger partial charge in [-0.25, -0.2) is 0 Å². The van der Waals surface area contributed by atoms with Crippen molar-refractivity contribution in [1.29, 1.82) is 0 Å². The predicted octanol–water partition coefficient (Wildman–Crippen LogP) is 0.833. The first-order chi connectivity index (χ1) is 8.24. The first-order valence-corrected chi connectivity index (χ1v) is 5.80. The number of nitrogens with one attached hydrogen (secondary N) is 2. The zero-order chi connectivity index (χ0) is 12.3. The summed E-state index contributed by atoms with van der Waals surface area (Å²) in [6.45, 7) is 5.00. The molecule has 92 valence electrons. The van der Waals surface area contributed by atoms with Crippen LogP contribution in [-0.4, -0.2) is 32.2 Å². The van der Waals surface area contributed by atoms with Gasteiger partial charge in [-0.1, -0.05) is 0 Å². The summed E-state index contributed by atoms with van der Waals surface area (Å²) in [4.78, 5) is 0. The van der Waals surface area contributed by atoms with Crippen LogP contribution in [0.15, 0.2) is 12.3 Å². The maximum atomic E-state index is 4.44. The van der Waals surface area contributed by atoms with Crippen LogP contribution in [0.2, 0.25) is 0 Å². The summed E-state index contributed by atoms with van der Waals surface area (Å²) in [7, 11) is 1.93. The second-order valence-corrected chi connectivity index (χ2v) is 4.03. The minimum atomic E-state index is 0.162. The van der Waals surface area contributed by atoms with Crippen molar-refractivity contribution in [3.8, 4) is 0 Å². The molecule has 0 aromatic carbocycles. The van der Waals surface area contributed by atoms with Gasteiger partial charge in [0.15, 0.2) is 0 Å². The van der Waals surface area contributed by atoms with Gasteiger partial charge in [-0.2, -0.15) is 20.5 Å². The van der Waals surface area contributed by atoms with Gasteiger partial charge in [0.25, 0.3) is 0 Å². The number of aryl methyl sites for hydroxylation is 2. The molecule has 2 N–H and O–H groups in total. The molecule has 0 radical (unpaired) electrons. The van der Waals surface area contributed by atoms with Crippen LogP contribution in [0.5, 0.6) is 0 Å². The Labute approximate surface area is 100 Å². The monoisotopic (exact) mass is 234 g/mol. The lowest BCUT2D eigenvalue weighted by Gasteiger charge is -2.13. The van der Waals surface area contributed by atoms with E-state index in [1.54, 1.807) is 6.20 Å². The van der Waals surface area contributed by atoms with Crippen molar-refractivity contribution in [2.45, 2.75) is 32.9 Å². The van der Waals surface area contributed by atoms with Crippen molar-refractivity contribution >= 4 is 0 Å². The molecule has 0 saturated carbocycles. The molecule has 0 spiro atoms. The Balaban J connectivity index is 2.18. The van der Waals surface area contributed by atoms with Crippen LogP contribution >= 0.6 is 0 Å². The van der Waals surface area contributed by atoms with Crippen molar-refractivity contribution < 1.29 is 0 Å². The van der Waals surface area contributed by atoms with E-state index in [9.17, 15) is 0 Å². The number of hydrogen-bond acceptors (Lipinski definition) is 4. The van der Waals surface area contributed by atoms with Crippen molar-refractivity contribution in [2.75, 3.05) is 7.05 Å².